The van der Waals surface area contributed by atoms with E-state index in [4.69, 9.17) is 10.5 Å². The standard InChI is InChI=1S/C13H15N5OS/c1-19-11-6-5-9-12(18-11)17-10(16-9)4-2-3-8-7-20-13(14)15-8/h5-7H,2-4H2,1H3,(H2,14,15)(H,16,17,18). The van der Waals surface area contributed by atoms with E-state index in [-0.39, 0.29) is 0 Å². The molecule has 3 heterocycles. The third kappa shape index (κ3) is 2.72. The molecule has 0 saturated carbocycles. The van der Waals surface area contributed by atoms with E-state index in [2.05, 4.69) is 19.9 Å². The number of aromatic nitrogens is 4. The van der Waals surface area contributed by atoms with E-state index in [1.165, 1.54) is 11.3 Å². The smallest absolute Gasteiger partial charge is 0.215 e. The van der Waals surface area contributed by atoms with Crippen molar-refractivity contribution in [1.82, 2.24) is 19.9 Å². The Balaban J connectivity index is 1.65. The number of hydrogen-bond acceptors (Lipinski definition) is 6. The molecule has 0 atom stereocenters. The maximum absolute atomic E-state index is 5.61. The van der Waals surface area contributed by atoms with Crippen molar-refractivity contribution in [3.63, 3.8) is 0 Å². The lowest BCUT2D eigenvalue weighted by molar-refractivity contribution is 0.399. The number of fused-ring (bicyclic) bond motifs is 1. The minimum Gasteiger partial charge on any atom is -0.481 e. The highest BCUT2D eigenvalue weighted by atomic mass is 32.1. The number of nitrogens with zero attached hydrogens (tertiary/aromatic N) is 3. The van der Waals surface area contributed by atoms with Crippen LogP contribution in [0.1, 0.15) is 17.9 Å². The zero-order valence-corrected chi connectivity index (χ0v) is 11.9. The first-order valence-electron chi connectivity index (χ1n) is 6.34. The summed E-state index contributed by atoms with van der Waals surface area (Å²) in [6.45, 7) is 0. The Kier molecular flexibility index (Phi) is 3.51. The Hall–Kier alpha value is -2.15. The van der Waals surface area contributed by atoms with Gasteiger partial charge in [-0.2, -0.15) is 4.98 Å². The van der Waals surface area contributed by atoms with Crippen molar-refractivity contribution in [3.8, 4) is 5.88 Å². The number of H-pyrrole nitrogens is 1. The largest absolute Gasteiger partial charge is 0.481 e. The van der Waals surface area contributed by atoms with Crippen molar-refractivity contribution >= 4 is 27.6 Å². The molecular weight excluding hydrogens is 274 g/mol. The summed E-state index contributed by atoms with van der Waals surface area (Å²) < 4.78 is 5.09. The molecule has 20 heavy (non-hydrogen) atoms. The van der Waals surface area contributed by atoms with Crippen LogP contribution in [-0.2, 0) is 12.8 Å². The second-order valence-corrected chi connectivity index (χ2v) is 5.33. The summed E-state index contributed by atoms with van der Waals surface area (Å²) in [4.78, 5) is 16.3. The Bertz CT molecular complexity index is 720. The molecule has 0 aliphatic rings. The van der Waals surface area contributed by atoms with Crippen molar-refractivity contribution < 1.29 is 4.74 Å². The number of methoxy groups -OCH3 is 1. The van der Waals surface area contributed by atoms with Gasteiger partial charge >= 0.3 is 0 Å². The van der Waals surface area contributed by atoms with Crippen molar-refractivity contribution in [2.75, 3.05) is 12.8 Å². The quantitative estimate of drug-likeness (QED) is 0.751. The van der Waals surface area contributed by atoms with E-state index in [1.54, 1.807) is 7.11 Å². The average molecular weight is 289 g/mol. The highest BCUT2D eigenvalue weighted by molar-refractivity contribution is 7.13. The number of hydrogen-bond donors (Lipinski definition) is 2. The van der Waals surface area contributed by atoms with Gasteiger partial charge in [-0.3, -0.25) is 0 Å². The minimum absolute atomic E-state index is 0.577. The molecule has 3 aromatic heterocycles. The van der Waals surface area contributed by atoms with E-state index in [1.807, 2.05) is 17.5 Å². The second kappa shape index (κ2) is 5.46. The fraction of sp³-hybridized carbons (Fsp3) is 0.308. The molecule has 3 aromatic rings. The maximum atomic E-state index is 5.61. The van der Waals surface area contributed by atoms with Gasteiger partial charge in [-0.1, -0.05) is 0 Å². The number of imidazole rings is 1. The predicted molar refractivity (Wildman–Crippen MR) is 79.0 cm³/mol. The monoisotopic (exact) mass is 289 g/mol. The van der Waals surface area contributed by atoms with Gasteiger partial charge in [-0.25, -0.2) is 9.97 Å². The molecule has 0 aromatic carbocycles. The SMILES string of the molecule is COc1ccc2[nH]c(CCCc3csc(N)n3)nc2n1. The molecule has 0 spiro atoms. The lowest BCUT2D eigenvalue weighted by Gasteiger charge is -1.95. The van der Waals surface area contributed by atoms with Crippen LogP contribution < -0.4 is 10.5 Å². The molecule has 6 nitrogen and oxygen atoms in total. The normalized spacial score (nSPS) is 11.1. The number of pyridine rings is 1. The topological polar surface area (TPSA) is 89.7 Å². The third-order valence-corrected chi connectivity index (χ3v) is 3.72. The highest BCUT2D eigenvalue weighted by Crippen LogP contribution is 2.16. The van der Waals surface area contributed by atoms with E-state index in [0.717, 1.165) is 36.3 Å². The number of aromatic amines is 1. The summed E-state index contributed by atoms with van der Waals surface area (Å²) >= 11 is 1.48. The van der Waals surface area contributed by atoms with Crippen LogP contribution in [0.3, 0.4) is 0 Å². The average Bonchev–Trinajstić information content (AvgIpc) is 3.03. The van der Waals surface area contributed by atoms with E-state index in [0.29, 0.717) is 16.7 Å². The first kappa shape index (κ1) is 12.9. The minimum atomic E-state index is 0.577. The van der Waals surface area contributed by atoms with Gasteiger partial charge in [0, 0.05) is 17.9 Å². The zero-order chi connectivity index (χ0) is 13.9. The Morgan fingerprint density at radius 1 is 1.25 bits per heavy atom. The number of ether oxygens (including phenoxy) is 1. The number of anilines is 1. The van der Waals surface area contributed by atoms with Crippen molar-refractivity contribution in [2.45, 2.75) is 19.3 Å². The van der Waals surface area contributed by atoms with Gasteiger partial charge in [0.1, 0.15) is 5.82 Å². The van der Waals surface area contributed by atoms with Gasteiger partial charge in [-0.15, -0.1) is 11.3 Å². The van der Waals surface area contributed by atoms with Crippen LogP contribution in [-0.4, -0.2) is 27.0 Å². The number of nitrogens with one attached hydrogen (secondary N) is 1. The summed E-state index contributed by atoms with van der Waals surface area (Å²) in [5.41, 5.74) is 8.27. The second-order valence-electron chi connectivity index (χ2n) is 4.44. The molecule has 0 radical (unpaired) electrons. The molecule has 7 heteroatoms. The molecule has 0 bridgehead atoms. The van der Waals surface area contributed by atoms with E-state index < -0.39 is 0 Å². The fourth-order valence-electron chi connectivity index (χ4n) is 2.03. The van der Waals surface area contributed by atoms with Gasteiger partial charge in [0.05, 0.1) is 18.3 Å². The van der Waals surface area contributed by atoms with Crippen molar-refractivity contribution in [3.05, 3.63) is 29.0 Å². The van der Waals surface area contributed by atoms with Crippen molar-refractivity contribution in [1.29, 1.82) is 0 Å². The van der Waals surface area contributed by atoms with Crippen LogP contribution in [0.4, 0.5) is 5.13 Å². The zero-order valence-electron chi connectivity index (χ0n) is 11.1. The van der Waals surface area contributed by atoms with Gasteiger partial charge in [0.15, 0.2) is 10.8 Å². The highest BCUT2D eigenvalue weighted by Gasteiger charge is 2.06. The van der Waals surface area contributed by atoms with E-state index >= 15 is 0 Å². The van der Waals surface area contributed by atoms with Crippen molar-refractivity contribution in [2.24, 2.45) is 0 Å². The number of rotatable bonds is 5. The molecule has 0 amide bonds. The van der Waals surface area contributed by atoms with Crippen LogP contribution in [0.5, 0.6) is 5.88 Å². The Labute approximate surface area is 120 Å². The third-order valence-electron chi connectivity index (χ3n) is 2.99. The first-order chi connectivity index (χ1) is 9.74. The summed E-state index contributed by atoms with van der Waals surface area (Å²) in [7, 11) is 1.60. The summed E-state index contributed by atoms with van der Waals surface area (Å²) in [5, 5.41) is 2.63. The van der Waals surface area contributed by atoms with Crippen LogP contribution >= 0.6 is 11.3 Å². The molecule has 104 valence electrons. The predicted octanol–water partition coefficient (Wildman–Crippen LogP) is 2.18. The molecule has 0 aliphatic heterocycles. The van der Waals surface area contributed by atoms with Gasteiger partial charge in [0.25, 0.3) is 0 Å². The first-order valence-corrected chi connectivity index (χ1v) is 7.22. The van der Waals surface area contributed by atoms with Crippen LogP contribution in [0.15, 0.2) is 17.5 Å². The molecule has 0 unspecified atom stereocenters. The summed E-state index contributed by atoms with van der Waals surface area (Å²) in [6, 6.07) is 3.75. The van der Waals surface area contributed by atoms with Crippen LogP contribution in [0.2, 0.25) is 0 Å². The Morgan fingerprint density at radius 2 is 2.15 bits per heavy atom. The fourth-order valence-corrected chi connectivity index (χ4v) is 2.63. The van der Waals surface area contributed by atoms with Crippen LogP contribution in [0.25, 0.3) is 11.2 Å². The van der Waals surface area contributed by atoms with Gasteiger partial charge < -0.3 is 15.5 Å². The molecule has 0 aliphatic carbocycles. The molecule has 3 rings (SSSR count). The molecule has 3 N–H and O–H groups in total. The number of thiazole rings is 1. The lowest BCUT2D eigenvalue weighted by atomic mass is 10.2. The number of nitrogen functional groups attached to an aromatic ring is 1. The number of nitrogens with two attached hydrogens (primary N) is 1. The van der Waals surface area contributed by atoms with E-state index in [9.17, 15) is 0 Å². The van der Waals surface area contributed by atoms with Crippen LogP contribution in [0, 0.1) is 0 Å². The van der Waals surface area contributed by atoms with Gasteiger partial charge in [-0.05, 0) is 18.9 Å². The lowest BCUT2D eigenvalue weighted by Crippen LogP contribution is -1.93. The number of aryl methyl sites for hydroxylation is 2. The molecule has 0 fully saturated rings. The Morgan fingerprint density at radius 3 is 2.90 bits per heavy atom. The summed E-state index contributed by atoms with van der Waals surface area (Å²) in [6.07, 6.45) is 2.73. The molecule has 0 saturated heterocycles. The van der Waals surface area contributed by atoms with Gasteiger partial charge in [0.2, 0.25) is 5.88 Å². The molecular formula is C13H15N5OS. The maximum Gasteiger partial charge on any atom is 0.215 e. The summed E-state index contributed by atoms with van der Waals surface area (Å²) in [5.74, 6) is 1.51.